The minimum atomic E-state index is -4.82. The zero-order chi connectivity index (χ0) is 23.6. The van der Waals surface area contributed by atoms with Crippen molar-refractivity contribution in [1.29, 1.82) is 0 Å². The van der Waals surface area contributed by atoms with E-state index in [-0.39, 0.29) is 18.2 Å². The number of alkyl halides is 3. The van der Waals surface area contributed by atoms with Gasteiger partial charge in [-0.05, 0) is 41.5 Å². The number of carbonyl (C=O) groups is 1. The van der Waals surface area contributed by atoms with E-state index >= 15 is 0 Å². The Kier molecular flexibility index (Phi) is 5.73. The third kappa shape index (κ3) is 5.29. The van der Waals surface area contributed by atoms with Gasteiger partial charge >= 0.3 is 6.36 Å². The first-order chi connectivity index (χ1) is 15.7. The molecule has 0 saturated heterocycles. The van der Waals surface area contributed by atoms with Crippen LogP contribution in [-0.2, 0) is 11.2 Å². The van der Waals surface area contributed by atoms with Crippen molar-refractivity contribution >= 4 is 23.2 Å². The predicted molar refractivity (Wildman–Crippen MR) is 113 cm³/mol. The highest BCUT2D eigenvalue weighted by atomic mass is 19.4. The Morgan fingerprint density at radius 3 is 2.76 bits per heavy atom. The van der Waals surface area contributed by atoms with Crippen LogP contribution in [0, 0.1) is 0 Å². The first-order valence-corrected chi connectivity index (χ1v) is 9.51. The van der Waals surface area contributed by atoms with Gasteiger partial charge in [0.1, 0.15) is 11.4 Å². The molecule has 1 aromatic carbocycles. The van der Waals surface area contributed by atoms with E-state index in [0.717, 1.165) is 17.7 Å². The number of benzene rings is 1. The fourth-order valence-electron chi connectivity index (χ4n) is 3.17. The van der Waals surface area contributed by atoms with Gasteiger partial charge in [0.25, 0.3) is 0 Å². The zero-order valence-electron chi connectivity index (χ0n) is 17.1. The van der Waals surface area contributed by atoms with Gasteiger partial charge < -0.3 is 20.5 Å². The monoisotopic (exact) mass is 458 g/mol. The number of rotatable bonds is 6. The summed E-state index contributed by atoms with van der Waals surface area (Å²) in [4.78, 5) is 20.9. The van der Waals surface area contributed by atoms with Crippen LogP contribution < -0.4 is 20.5 Å². The Labute approximate surface area is 185 Å². The SMILES string of the molecule is COc1ncc(-c2ccn3nc(N)nc3c2)cc1NC(=O)Cc1cccc(OC(F)(F)F)c1. The average molecular weight is 458 g/mol. The van der Waals surface area contributed by atoms with E-state index in [9.17, 15) is 18.0 Å². The molecule has 4 rings (SSSR count). The summed E-state index contributed by atoms with van der Waals surface area (Å²) in [6.45, 7) is 0. The lowest BCUT2D eigenvalue weighted by molar-refractivity contribution is -0.274. The van der Waals surface area contributed by atoms with Crippen molar-refractivity contribution in [2.75, 3.05) is 18.2 Å². The van der Waals surface area contributed by atoms with Crippen LogP contribution in [-0.4, -0.2) is 39.0 Å². The van der Waals surface area contributed by atoms with Crippen LogP contribution in [0.25, 0.3) is 16.8 Å². The molecule has 0 saturated carbocycles. The number of aromatic nitrogens is 4. The minimum absolute atomic E-state index is 0.137. The maximum absolute atomic E-state index is 12.6. The number of nitrogens with two attached hydrogens (primary N) is 1. The van der Waals surface area contributed by atoms with Gasteiger partial charge in [-0.3, -0.25) is 4.79 Å². The molecule has 0 fully saturated rings. The van der Waals surface area contributed by atoms with Crippen LogP contribution in [0.2, 0.25) is 0 Å². The molecule has 0 spiro atoms. The smallest absolute Gasteiger partial charge is 0.480 e. The molecular weight excluding hydrogens is 441 g/mol. The molecule has 0 atom stereocenters. The van der Waals surface area contributed by atoms with Gasteiger partial charge in [-0.1, -0.05) is 12.1 Å². The number of carbonyl (C=O) groups excluding carboxylic acids is 1. The van der Waals surface area contributed by atoms with Gasteiger partial charge in [0, 0.05) is 18.0 Å². The van der Waals surface area contributed by atoms with E-state index in [2.05, 4.69) is 25.1 Å². The van der Waals surface area contributed by atoms with Gasteiger partial charge in [-0.25, -0.2) is 9.50 Å². The molecule has 0 bridgehead atoms. The second-order valence-corrected chi connectivity index (χ2v) is 6.89. The summed E-state index contributed by atoms with van der Waals surface area (Å²) >= 11 is 0. The van der Waals surface area contributed by atoms with E-state index in [1.165, 1.54) is 23.8 Å². The summed E-state index contributed by atoms with van der Waals surface area (Å²) < 4.78 is 47.9. The maximum Gasteiger partial charge on any atom is 0.573 e. The second-order valence-electron chi connectivity index (χ2n) is 6.89. The van der Waals surface area contributed by atoms with Crippen molar-refractivity contribution in [3.05, 3.63) is 60.4 Å². The number of pyridine rings is 2. The van der Waals surface area contributed by atoms with Gasteiger partial charge in [0.15, 0.2) is 5.65 Å². The first-order valence-electron chi connectivity index (χ1n) is 9.51. The van der Waals surface area contributed by atoms with Crippen molar-refractivity contribution < 1.29 is 27.4 Å². The Morgan fingerprint density at radius 1 is 1.18 bits per heavy atom. The lowest BCUT2D eigenvalue weighted by Gasteiger charge is -2.12. The molecule has 12 heteroatoms. The van der Waals surface area contributed by atoms with Crippen LogP contribution in [0.3, 0.4) is 0 Å². The number of hydrogen-bond donors (Lipinski definition) is 2. The van der Waals surface area contributed by atoms with Crippen molar-refractivity contribution in [3.8, 4) is 22.8 Å². The molecule has 3 aromatic heterocycles. The summed E-state index contributed by atoms with van der Waals surface area (Å²) in [5.74, 6) is -0.567. The van der Waals surface area contributed by atoms with Crippen LogP contribution >= 0.6 is 0 Å². The fraction of sp³-hybridized carbons (Fsp3) is 0.143. The normalized spacial score (nSPS) is 11.4. The van der Waals surface area contributed by atoms with E-state index in [4.69, 9.17) is 10.5 Å². The Balaban J connectivity index is 1.54. The number of nitrogens with zero attached hydrogens (tertiary/aromatic N) is 4. The highest BCUT2D eigenvalue weighted by molar-refractivity contribution is 5.94. The maximum atomic E-state index is 12.6. The molecule has 9 nitrogen and oxygen atoms in total. The standard InChI is InChI=1S/C21H17F3N6O3/c1-32-19-16(27-18(31)8-12-3-2-4-15(7-12)33-21(22,23)24)9-14(11-26-19)13-5-6-30-17(10-13)28-20(25)29-30/h2-7,9-11H,8H2,1H3,(H2,25,29)(H,27,31). The van der Waals surface area contributed by atoms with Crippen molar-refractivity contribution in [2.24, 2.45) is 0 Å². The number of nitrogens with one attached hydrogen (secondary N) is 1. The molecule has 0 aliphatic rings. The molecule has 3 heterocycles. The zero-order valence-corrected chi connectivity index (χ0v) is 17.1. The lowest BCUT2D eigenvalue weighted by Crippen LogP contribution is -2.18. The van der Waals surface area contributed by atoms with Crippen LogP contribution in [0.15, 0.2) is 54.9 Å². The predicted octanol–water partition coefficient (Wildman–Crippen LogP) is 3.46. The molecule has 3 N–H and O–H groups in total. The second kappa shape index (κ2) is 8.65. The van der Waals surface area contributed by atoms with E-state index in [1.807, 2.05) is 0 Å². The molecule has 0 aliphatic carbocycles. The number of halogens is 3. The Bertz CT molecular complexity index is 1320. The summed E-state index contributed by atoms with van der Waals surface area (Å²) in [5, 5.41) is 6.70. The van der Waals surface area contributed by atoms with Gasteiger partial charge in [-0.2, -0.15) is 4.98 Å². The quantitative estimate of drug-likeness (QED) is 0.454. The van der Waals surface area contributed by atoms with Crippen LogP contribution in [0.5, 0.6) is 11.6 Å². The molecule has 0 aliphatic heterocycles. The molecule has 0 radical (unpaired) electrons. The number of methoxy groups -OCH3 is 1. The highest BCUT2D eigenvalue weighted by Gasteiger charge is 2.31. The Hall–Kier alpha value is -4.35. The van der Waals surface area contributed by atoms with Crippen molar-refractivity contribution in [3.63, 3.8) is 0 Å². The van der Waals surface area contributed by atoms with E-state index in [1.54, 1.807) is 30.6 Å². The molecule has 4 aromatic rings. The fourth-order valence-corrected chi connectivity index (χ4v) is 3.17. The summed E-state index contributed by atoms with van der Waals surface area (Å²) in [5.41, 5.74) is 8.20. The van der Waals surface area contributed by atoms with Crippen LogP contribution in [0.1, 0.15) is 5.56 Å². The number of amides is 1. The summed E-state index contributed by atoms with van der Waals surface area (Å²) in [6, 6.07) is 10.4. The average Bonchev–Trinajstić information content (AvgIpc) is 3.11. The molecule has 0 unspecified atom stereocenters. The van der Waals surface area contributed by atoms with Crippen LogP contribution in [0.4, 0.5) is 24.8 Å². The number of anilines is 2. The van der Waals surface area contributed by atoms with E-state index < -0.39 is 18.0 Å². The molecular formula is C21H17F3N6O3. The first kappa shape index (κ1) is 21.9. The summed E-state index contributed by atoms with van der Waals surface area (Å²) in [6.07, 6.45) is -1.75. The third-order valence-electron chi connectivity index (χ3n) is 4.50. The number of fused-ring (bicyclic) bond motifs is 1. The largest absolute Gasteiger partial charge is 0.573 e. The van der Waals surface area contributed by atoms with Gasteiger partial charge in [0.05, 0.1) is 13.5 Å². The minimum Gasteiger partial charge on any atom is -0.480 e. The van der Waals surface area contributed by atoms with Gasteiger partial charge in [0.2, 0.25) is 17.7 Å². The summed E-state index contributed by atoms with van der Waals surface area (Å²) in [7, 11) is 1.40. The molecule has 33 heavy (non-hydrogen) atoms. The van der Waals surface area contributed by atoms with Crippen molar-refractivity contribution in [1.82, 2.24) is 19.6 Å². The van der Waals surface area contributed by atoms with Crippen molar-refractivity contribution in [2.45, 2.75) is 12.8 Å². The van der Waals surface area contributed by atoms with Gasteiger partial charge in [-0.15, -0.1) is 18.3 Å². The Morgan fingerprint density at radius 2 is 2.00 bits per heavy atom. The highest BCUT2D eigenvalue weighted by Crippen LogP contribution is 2.29. The molecule has 170 valence electrons. The molecule has 1 amide bonds. The lowest BCUT2D eigenvalue weighted by atomic mass is 10.1. The topological polar surface area (TPSA) is 117 Å². The number of nitrogen functional groups attached to an aromatic ring is 1. The van der Waals surface area contributed by atoms with E-state index in [0.29, 0.717) is 22.5 Å². The number of hydrogen-bond acceptors (Lipinski definition) is 7. The third-order valence-corrected chi connectivity index (χ3v) is 4.50. The number of ether oxygens (including phenoxy) is 2.